The molecule has 18 heavy (non-hydrogen) atoms. The molecule has 0 aliphatic heterocycles. The molecule has 0 spiro atoms. The van der Waals surface area contributed by atoms with Gasteiger partial charge >= 0.3 is 0 Å². The Morgan fingerprint density at radius 3 is 2.67 bits per heavy atom. The third-order valence-electron chi connectivity index (χ3n) is 2.33. The Labute approximate surface area is 105 Å². The first kappa shape index (κ1) is 12.0. The number of aromatic nitrogens is 2. The molecular weight excluding hydrogens is 228 g/mol. The summed E-state index contributed by atoms with van der Waals surface area (Å²) in [6.07, 6.45) is 1.62. The van der Waals surface area contributed by atoms with Gasteiger partial charge in [-0.25, -0.2) is 9.97 Å². The van der Waals surface area contributed by atoms with Crippen molar-refractivity contribution in [1.29, 1.82) is 0 Å². The molecule has 0 bridgehead atoms. The molecule has 2 aromatic heterocycles. The van der Waals surface area contributed by atoms with Crippen molar-refractivity contribution in [3.63, 3.8) is 0 Å². The number of carbonyl (C=O) groups excluding carboxylic acids is 1. The zero-order valence-electron chi connectivity index (χ0n) is 10.3. The summed E-state index contributed by atoms with van der Waals surface area (Å²) in [6.45, 7) is 0. The molecule has 5 nitrogen and oxygen atoms in total. The summed E-state index contributed by atoms with van der Waals surface area (Å²) in [5.41, 5.74) is 0.367. The van der Waals surface area contributed by atoms with E-state index in [0.29, 0.717) is 11.5 Å². The zero-order chi connectivity index (χ0) is 13.0. The summed E-state index contributed by atoms with van der Waals surface area (Å²) in [5.74, 6) is 0.987. The maximum absolute atomic E-state index is 12.0. The highest BCUT2D eigenvalue weighted by molar-refractivity contribution is 6.02. The van der Waals surface area contributed by atoms with Crippen molar-refractivity contribution in [2.24, 2.45) is 0 Å². The topological polar surface area (TPSA) is 58.1 Å². The highest BCUT2D eigenvalue weighted by atomic mass is 16.1. The number of rotatable bonds is 3. The van der Waals surface area contributed by atoms with E-state index in [1.807, 2.05) is 31.1 Å². The molecule has 0 atom stereocenters. The van der Waals surface area contributed by atoms with E-state index in [9.17, 15) is 4.79 Å². The molecule has 2 heterocycles. The zero-order valence-corrected chi connectivity index (χ0v) is 10.3. The first-order chi connectivity index (χ1) is 8.66. The molecule has 0 unspecified atom stereocenters. The van der Waals surface area contributed by atoms with Gasteiger partial charge in [-0.05, 0) is 24.3 Å². The molecule has 1 N–H and O–H groups in total. The van der Waals surface area contributed by atoms with Gasteiger partial charge in [0.15, 0.2) is 0 Å². The molecule has 0 aliphatic rings. The summed E-state index contributed by atoms with van der Waals surface area (Å²) in [7, 11) is 3.76. The Morgan fingerprint density at radius 2 is 2.00 bits per heavy atom. The molecule has 0 saturated heterocycles. The van der Waals surface area contributed by atoms with Crippen LogP contribution >= 0.6 is 0 Å². The van der Waals surface area contributed by atoms with E-state index in [-0.39, 0.29) is 5.91 Å². The minimum atomic E-state index is -0.266. The number of nitrogens with zero attached hydrogens (tertiary/aromatic N) is 3. The van der Waals surface area contributed by atoms with Crippen LogP contribution in [0.15, 0.2) is 42.6 Å². The summed E-state index contributed by atoms with van der Waals surface area (Å²) in [4.78, 5) is 22.1. The van der Waals surface area contributed by atoms with Crippen LogP contribution in [0.5, 0.6) is 0 Å². The number of hydrogen-bond acceptors (Lipinski definition) is 4. The predicted octanol–water partition coefficient (Wildman–Crippen LogP) is 1.79. The van der Waals surface area contributed by atoms with Crippen molar-refractivity contribution in [2.45, 2.75) is 0 Å². The van der Waals surface area contributed by atoms with Crippen LogP contribution in [0.4, 0.5) is 11.6 Å². The van der Waals surface area contributed by atoms with Crippen LogP contribution in [0.1, 0.15) is 10.5 Å². The second kappa shape index (κ2) is 5.27. The molecule has 0 radical (unpaired) electrons. The average Bonchev–Trinajstić information content (AvgIpc) is 2.40. The summed E-state index contributed by atoms with van der Waals surface area (Å²) in [5, 5.41) is 2.69. The maximum Gasteiger partial charge on any atom is 0.275 e. The van der Waals surface area contributed by atoms with E-state index in [1.54, 1.807) is 30.5 Å². The number of anilines is 2. The fourth-order valence-corrected chi connectivity index (χ4v) is 1.42. The lowest BCUT2D eigenvalue weighted by atomic mass is 10.3. The minimum Gasteiger partial charge on any atom is -0.363 e. The van der Waals surface area contributed by atoms with Gasteiger partial charge in [0.1, 0.15) is 17.3 Å². The largest absolute Gasteiger partial charge is 0.363 e. The van der Waals surface area contributed by atoms with E-state index in [0.717, 1.165) is 5.82 Å². The number of pyridine rings is 2. The first-order valence-corrected chi connectivity index (χ1v) is 5.53. The molecule has 0 saturated carbocycles. The first-order valence-electron chi connectivity index (χ1n) is 5.53. The van der Waals surface area contributed by atoms with Gasteiger partial charge in [-0.3, -0.25) is 4.79 Å². The summed E-state index contributed by atoms with van der Waals surface area (Å²) >= 11 is 0. The Bertz CT molecular complexity index is 540. The van der Waals surface area contributed by atoms with Gasteiger partial charge in [-0.15, -0.1) is 0 Å². The number of nitrogens with one attached hydrogen (secondary N) is 1. The smallest absolute Gasteiger partial charge is 0.275 e. The van der Waals surface area contributed by atoms with Crippen LogP contribution in [0, 0.1) is 0 Å². The van der Waals surface area contributed by atoms with Gasteiger partial charge < -0.3 is 10.2 Å². The van der Waals surface area contributed by atoms with Crippen molar-refractivity contribution in [1.82, 2.24) is 9.97 Å². The van der Waals surface area contributed by atoms with Gasteiger partial charge in [0.05, 0.1) is 0 Å². The molecule has 0 aromatic carbocycles. The SMILES string of the molecule is CN(C)c1cccc(C(=O)Nc2ccccn2)n1. The highest BCUT2D eigenvalue weighted by Crippen LogP contribution is 2.09. The lowest BCUT2D eigenvalue weighted by Crippen LogP contribution is -2.17. The third kappa shape index (κ3) is 2.82. The Balaban J connectivity index is 2.16. The van der Waals surface area contributed by atoms with E-state index >= 15 is 0 Å². The van der Waals surface area contributed by atoms with Crippen LogP contribution in [0.3, 0.4) is 0 Å². The second-order valence-electron chi connectivity index (χ2n) is 3.94. The van der Waals surface area contributed by atoms with Gasteiger partial charge in [0, 0.05) is 20.3 Å². The second-order valence-corrected chi connectivity index (χ2v) is 3.94. The fourth-order valence-electron chi connectivity index (χ4n) is 1.42. The molecule has 2 rings (SSSR count). The normalized spacial score (nSPS) is 9.89. The number of amides is 1. The number of hydrogen-bond donors (Lipinski definition) is 1. The van der Waals surface area contributed by atoms with Gasteiger partial charge in [-0.2, -0.15) is 0 Å². The van der Waals surface area contributed by atoms with Gasteiger partial charge in [0.25, 0.3) is 5.91 Å². The van der Waals surface area contributed by atoms with Crippen LogP contribution in [0.25, 0.3) is 0 Å². The van der Waals surface area contributed by atoms with Crippen molar-refractivity contribution in [3.05, 3.63) is 48.3 Å². The molecule has 0 aliphatic carbocycles. The quantitative estimate of drug-likeness (QED) is 0.891. The Morgan fingerprint density at radius 1 is 1.17 bits per heavy atom. The predicted molar refractivity (Wildman–Crippen MR) is 70.8 cm³/mol. The van der Waals surface area contributed by atoms with Crippen LogP contribution in [-0.4, -0.2) is 30.0 Å². The molecule has 5 heteroatoms. The Hall–Kier alpha value is -2.43. The minimum absolute atomic E-state index is 0.266. The molecular formula is C13H14N4O. The third-order valence-corrected chi connectivity index (χ3v) is 2.33. The molecule has 0 fully saturated rings. The maximum atomic E-state index is 12.0. The molecule has 1 amide bonds. The van der Waals surface area contributed by atoms with Crippen LogP contribution in [-0.2, 0) is 0 Å². The van der Waals surface area contributed by atoms with Crippen molar-refractivity contribution in [2.75, 3.05) is 24.3 Å². The lowest BCUT2D eigenvalue weighted by molar-refractivity contribution is 0.102. The Kier molecular flexibility index (Phi) is 3.52. The van der Waals surface area contributed by atoms with Crippen molar-refractivity contribution < 1.29 is 4.79 Å². The van der Waals surface area contributed by atoms with E-state index < -0.39 is 0 Å². The van der Waals surface area contributed by atoms with E-state index in [1.165, 1.54) is 0 Å². The molecule has 92 valence electrons. The fraction of sp³-hybridized carbons (Fsp3) is 0.154. The summed E-state index contributed by atoms with van der Waals surface area (Å²) in [6, 6.07) is 10.7. The standard InChI is InChI=1S/C13H14N4O/c1-17(2)12-8-5-6-10(15-12)13(18)16-11-7-3-4-9-14-11/h3-9H,1-2H3,(H,14,16,18). The lowest BCUT2D eigenvalue weighted by Gasteiger charge is -2.11. The van der Waals surface area contributed by atoms with Crippen LogP contribution < -0.4 is 10.2 Å². The van der Waals surface area contributed by atoms with Gasteiger partial charge in [-0.1, -0.05) is 12.1 Å². The van der Waals surface area contributed by atoms with E-state index in [4.69, 9.17) is 0 Å². The van der Waals surface area contributed by atoms with E-state index in [2.05, 4.69) is 15.3 Å². The number of carbonyl (C=O) groups is 1. The van der Waals surface area contributed by atoms with Crippen molar-refractivity contribution >= 4 is 17.5 Å². The van der Waals surface area contributed by atoms with Gasteiger partial charge in [0.2, 0.25) is 0 Å². The highest BCUT2D eigenvalue weighted by Gasteiger charge is 2.09. The monoisotopic (exact) mass is 242 g/mol. The molecule has 2 aromatic rings. The summed E-state index contributed by atoms with van der Waals surface area (Å²) < 4.78 is 0. The van der Waals surface area contributed by atoms with Crippen molar-refractivity contribution in [3.8, 4) is 0 Å². The van der Waals surface area contributed by atoms with Crippen LogP contribution in [0.2, 0.25) is 0 Å². The average molecular weight is 242 g/mol.